The Labute approximate surface area is 168 Å². The molecular weight excluding hydrogens is 388 g/mol. The number of aromatic nitrogens is 3. The van der Waals surface area contributed by atoms with Crippen LogP contribution in [0.15, 0.2) is 58.4 Å². The van der Waals surface area contributed by atoms with Crippen LogP contribution in [0.4, 0.5) is 0 Å². The van der Waals surface area contributed by atoms with Gasteiger partial charge >= 0.3 is 0 Å². The minimum atomic E-state index is -3.63. The molecule has 0 bridgehead atoms. The fourth-order valence-electron chi connectivity index (χ4n) is 3.52. The first-order chi connectivity index (χ1) is 13.7. The van der Waals surface area contributed by atoms with Gasteiger partial charge in [-0.05, 0) is 48.9 Å². The highest BCUT2D eigenvalue weighted by Crippen LogP contribution is 2.27. The zero-order valence-corrected chi connectivity index (χ0v) is 17.5. The molecule has 2 aromatic carbocycles. The molecule has 2 heterocycles. The molecule has 0 atom stereocenters. The number of hydrogen-bond acceptors (Lipinski definition) is 4. The standard InChI is InChI=1S/C21H22N4O3S/c1-13(2)14-5-7-15(8-6-14)25-19-10-9-16(29(27,28)22-3)11-17(19)20-18(21(25)26)12-24(4)23-20/h5-13,22H,1-4H3. The summed E-state index contributed by atoms with van der Waals surface area (Å²) in [7, 11) is -0.521. The summed E-state index contributed by atoms with van der Waals surface area (Å²) in [5.41, 5.74) is 2.79. The van der Waals surface area contributed by atoms with Crippen molar-refractivity contribution in [3.8, 4) is 5.69 Å². The molecule has 0 spiro atoms. The molecule has 0 aliphatic rings. The van der Waals surface area contributed by atoms with E-state index in [-0.39, 0.29) is 10.5 Å². The lowest BCUT2D eigenvalue weighted by atomic mass is 10.0. The fraction of sp³-hybridized carbons (Fsp3) is 0.238. The van der Waals surface area contributed by atoms with E-state index in [1.807, 2.05) is 24.3 Å². The van der Waals surface area contributed by atoms with Crippen LogP contribution in [0.3, 0.4) is 0 Å². The lowest BCUT2D eigenvalue weighted by molar-refractivity contribution is 0.588. The van der Waals surface area contributed by atoms with Crippen LogP contribution in [-0.4, -0.2) is 29.8 Å². The van der Waals surface area contributed by atoms with E-state index in [4.69, 9.17) is 0 Å². The van der Waals surface area contributed by atoms with Gasteiger partial charge in [-0.1, -0.05) is 26.0 Å². The number of benzene rings is 2. The van der Waals surface area contributed by atoms with Crippen molar-refractivity contribution in [1.29, 1.82) is 0 Å². The molecule has 0 fully saturated rings. The second-order valence-corrected chi connectivity index (χ2v) is 9.22. The number of nitrogens with one attached hydrogen (secondary N) is 1. The molecule has 1 N–H and O–H groups in total. The SMILES string of the molecule is CNS(=O)(=O)c1ccc2c(c1)c1nn(C)cc1c(=O)n2-c1ccc(C(C)C)cc1. The maximum atomic E-state index is 13.3. The van der Waals surface area contributed by atoms with Crippen molar-refractivity contribution < 1.29 is 8.42 Å². The van der Waals surface area contributed by atoms with Crippen molar-refractivity contribution in [2.24, 2.45) is 7.05 Å². The molecule has 150 valence electrons. The van der Waals surface area contributed by atoms with E-state index >= 15 is 0 Å². The normalized spacial score (nSPS) is 12.3. The first-order valence-electron chi connectivity index (χ1n) is 9.29. The molecule has 0 aliphatic heterocycles. The first-order valence-corrected chi connectivity index (χ1v) is 10.8. The van der Waals surface area contributed by atoms with Gasteiger partial charge in [0, 0.05) is 24.3 Å². The van der Waals surface area contributed by atoms with Crippen LogP contribution >= 0.6 is 0 Å². The van der Waals surface area contributed by atoms with Crippen LogP contribution in [0.1, 0.15) is 25.3 Å². The molecule has 0 amide bonds. The van der Waals surface area contributed by atoms with E-state index in [1.165, 1.54) is 18.7 Å². The van der Waals surface area contributed by atoms with Crippen LogP contribution in [0, 0.1) is 0 Å². The maximum Gasteiger partial charge on any atom is 0.266 e. The number of nitrogens with zero attached hydrogens (tertiary/aromatic N) is 3. The molecule has 7 nitrogen and oxygen atoms in total. The zero-order chi connectivity index (χ0) is 20.9. The minimum absolute atomic E-state index is 0.125. The predicted octanol–water partition coefficient (Wildman–Crippen LogP) is 2.91. The molecule has 0 radical (unpaired) electrons. The lowest BCUT2D eigenvalue weighted by Gasteiger charge is -2.13. The van der Waals surface area contributed by atoms with Gasteiger partial charge < -0.3 is 0 Å². The van der Waals surface area contributed by atoms with E-state index in [1.54, 1.807) is 34.6 Å². The summed E-state index contributed by atoms with van der Waals surface area (Å²) in [5, 5.41) is 5.45. The molecule has 2 aromatic heterocycles. The van der Waals surface area contributed by atoms with Gasteiger partial charge in [0.05, 0.1) is 15.8 Å². The summed E-state index contributed by atoms with van der Waals surface area (Å²) in [6.07, 6.45) is 1.66. The Kier molecular flexibility index (Phi) is 4.55. The smallest absolute Gasteiger partial charge is 0.266 e. The number of aryl methyl sites for hydroxylation is 1. The van der Waals surface area contributed by atoms with Gasteiger partial charge in [-0.2, -0.15) is 5.10 Å². The molecule has 0 unspecified atom stereocenters. The quantitative estimate of drug-likeness (QED) is 0.561. The molecule has 4 rings (SSSR count). The maximum absolute atomic E-state index is 13.3. The van der Waals surface area contributed by atoms with E-state index < -0.39 is 10.0 Å². The monoisotopic (exact) mass is 410 g/mol. The molecule has 8 heteroatoms. The van der Waals surface area contributed by atoms with Gasteiger partial charge in [-0.3, -0.25) is 14.0 Å². The average molecular weight is 410 g/mol. The minimum Gasteiger partial charge on any atom is -0.276 e. The highest BCUT2D eigenvalue weighted by Gasteiger charge is 2.19. The van der Waals surface area contributed by atoms with E-state index in [9.17, 15) is 13.2 Å². The molecular formula is C21H22N4O3S. The predicted molar refractivity (Wildman–Crippen MR) is 114 cm³/mol. The Bertz CT molecular complexity index is 1400. The summed E-state index contributed by atoms with van der Waals surface area (Å²) in [4.78, 5) is 13.4. The van der Waals surface area contributed by atoms with E-state index in [0.29, 0.717) is 27.7 Å². The van der Waals surface area contributed by atoms with Crippen LogP contribution in [0.5, 0.6) is 0 Å². The Morgan fingerprint density at radius 1 is 1.03 bits per heavy atom. The van der Waals surface area contributed by atoms with Crippen molar-refractivity contribution in [1.82, 2.24) is 19.1 Å². The van der Waals surface area contributed by atoms with Crippen molar-refractivity contribution in [2.75, 3.05) is 7.05 Å². The summed E-state index contributed by atoms with van der Waals surface area (Å²) in [5.74, 6) is 0.382. The fourth-order valence-corrected chi connectivity index (χ4v) is 4.28. The number of pyridine rings is 1. The summed E-state index contributed by atoms with van der Waals surface area (Å²) in [6.45, 7) is 4.23. The Morgan fingerprint density at radius 2 is 1.72 bits per heavy atom. The summed E-state index contributed by atoms with van der Waals surface area (Å²) >= 11 is 0. The topological polar surface area (TPSA) is 86.0 Å². The van der Waals surface area contributed by atoms with Gasteiger partial charge in [0.1, 0.15) is 5.52 Å². The molecule has 0 saturated carbocycles. The largest absolute Gasteiger partial charge is 0.276 e. The molecule has 0 saturated heterocycles. The molecule has 0 aliphatic carbocycles. The Hall–Kier alpha value is -2.97. The van der Waals surface area contributed by atoms with Crippen molar-refractivity contribution in [2.45, 2.75) is 24.7 Å². The van der Waals surface area contributed by atoms with Crippen LogP contribution in [-0.2, 0) is 17.1 Å². The number of sulfonamides is 1. The number of rotatable bonds is 4. The van der Waals surface area contributed by atoms with Gasteiger partial charge in [0.25, 0.3) is 5.56 Å². The molecule has 4 aromatic rings. The second-order valence-electron chi connectivity index (χ2n) is 7.34. The van der Waals surface area contributed by atoms with Crippen LogP contribution in [0.25, 0.3) is 27.5 Å². The van der Waals surface area contributed by atoms with Crippen molar-refractivity contribution in [3.63, 3.8) is 0 Å². The Morgan fingerprint density at radius 3 is 2.34 bits per heavy atom. The van der Waals surface area contributed by atoms with Crippen LogP contribution < -0.4 is 10.3 Å². The van der Waals surface area contributed by atoms with Gasteiger partial charge in [-0.15, -0.1) is 0 Å². The highest BCUT2D eigenvalue weighted by molar-refractivity contribution is 7.89. The Balaban J connectivity index is 2.10. The van der Waals surface area contributed by atoms with Gasteiger partial charge in [-0.25, -0.2) is 13.1 Å². The third-order valence-electron chi connectivity index (χ3n) is 5.12. The molecule has 29 heavy (non-hydrogen) atoms. The average Bonchev–Trinajstić information content (AvgIpc) is 3.10. The second kappa shape index (κ2) is 6.82. The van der Waals surface area contributed by atoms with Crippen molar-refractivity contribution >= 4 is 31.8 Å². The van der Waals surface area contributed by atoms with Crippen molar-refractivity contribution in [3.05, 3.63) is 64.6 Å². The summed E-state index contributed by atoms with van der Waals surface area (Å²) in [6, 6.07) is 12.6. The van der Waals surface area contributed by atoms with E-state index in [2.05, 4.69) is 23.7 Å². The van der Waals surface area contributed by atoms with Gasteiger partial charge in [0.15, 0.2) is 0 Å². The zero-order valence-electron chi connectivity index (χ0n) is 16.7. The third kappa shape index (κ3) is 3.14. The summed E-state index contributed by atoms with van der Waals surface area (Å²) < 4.78 is 30.1. The van der Waals surface area contributed by atoms with Gasteiger partial charge in [0.2, 0.25) is 10.0 Å². The van der Waals surface area contributed by atoms with E-state index in [0.717, 1.165) is 5.69 Å². The third-order valence-corrected chi connectivity index (χ3v) is 6.54. The lowest BCUT2D eigenvalue weighted by Crippen LogP contribution is -2.20. The highest BCUT2D eigenvalue weighted by atomic mass is 32.2. The number of hydrogen-bond donors (Lipinski definition) is 1. The number of fused-ring (bicyclic) bond motifs is 3. The first kappa shape index (κ1) is 19.4. The van der Waals surface area contributed by atoms with Crippen LogP contribution in [0.2, 0.25) is 0 Å².